The number of aromatic nitrogens is 2. The van der Waals surface area contributed by atoms with Crippen molar-refractivity contribution in [3.8, 4) is 5.75 Å². The highest BCUT2D eigenvalue weighted by molar-refractivity contribution is 6.09. The number of carbonyl (C=O) groups is 1. The number of para-hydroxylation sites is 1. The Morgan fingerprint density at radius 3 is 2.36 bits per heavy atom. The topological polar surface area (TPSA) is 79.4 Å². The standard InChI is InChI=1S/C29H33N5O2/c1-4-36-25-18-13-19-9-5-6-10-22(19)26(25)28(35)30-20-14-16-21(17-15-20)31-29-32-24-12-8-7-11-23(24)27(33-29)34(2)3/h5-13,18,20-21H,4,14-17H2,1-3H3,(H,30,35)(H,31,32,33)/t20-,21+. The van der Waals surface area contributed by atoms with Crippen molar-refractivity contribution in [2.75, 3.05) is 30.9 Å². The first-order valence-corrected chi connectivity index (χ1v) is 12.7. The van der Waals surface area contributed by atoms with Gasteiger partial charge in [0, 0.05) is 31.6 Å². The molecule has 1 saturated carbocycles. The highest BCUT2D eigenvalue weighted by atomic mass is 16.5. The molecule has 1 aliphatic rings. The van der Waals surface area contributed by atoms with E-state index in [-0.39, 0.29) is 18.0 Å². The second-order valence-corrected chi connectivity index (χ2v) is 9.54. The summed E-state index contributed by atoms with van der Waals surface area (Å²) in [6, 6.07) is 20.3. The molecule has 36 heavy (non-hydrogen) atoms. The lowest BCUT2D eigenvalue weighted by Crippen LogP contribution is -2.40. The first kappa shape index (κ1) is 23.9. The third kappa shape index (κ3) is 4.91. The minimum atomic E-state index is -0.0693. The second kappa shape index (κ2) is 10.4. The fourth-order valence-electron chi connectivity index (χ4n) is 5.05. The highest BCUT2D eigenvalue weighted by Gasteiger charge is 2.25. The lowest BCUT2D eigenvalue weighted by atomic mass is 9.91. The minimum Gasteiger partial charge on any atom is -0.493 e. The molecule has 1 fully saturated rings. The molecule has 0 aliphatic heterocycles. The van der Waals surface area contributed by atoms with Crippen LogP contribution in [-0.4, -0.2) is 48.7 Å². The number of hydrogen-bond acceptors (Lipinski definition) is 6. The van der Waals surface area contributed by atoms with Gasteiger partial charge in [-0.25, -0.2) is 4.98 Å². The van der Waals surface area contributed by atoms with E-state index in [2.05, 4.69) is 16.7 Å². The summed E-state index contributed by atoms with van der Waals surface area (Å²) in [5.74, 6) is 2.13. The Labute approximate surface area is 211 Å². The number of amides is 1. The van der Waals surface area contributed by atoms with Crippen LogP contribution in [0.3, 0.4) is 0 Å². The first-order chi connectivity index (χ1) is 17.5. The number of ether oxygens (including phenoxy) is 1. The largest absolute Gasteiger partial charge is 0.493 e. The highest BCUT2D eigenvalue weighted by Crippen LogP contribution is 2.30. The normalized spacial score (nSPS) is 17.6. The number of nitrogens with zero attached hydrogens (tertiary/aromatic N) is 3. The van der Waals surface area contributed by atoms with Crippen LogP contribution in [0.4, 0.5) is 11.8 Å². The molecule has 186 valence electrons. The molecule has 4 aromatic rings. The molecule has 1 aromatic heterocycles. The quantitative estimate of drug-likeness (QED) is 0.366. The van der Waals surface area contributed by atoms with Gasteiger partial charge in [-0.3, -0.25) is 4.79 Å². The Morgan fingerprint density at radius 2 is 1.61 bits per heavy atom. The Morgan fingerprint density at radius 1 is 0.917 bits per heavy atom. The van der Waals surface area contributed by atoms with E-state index in [0.29, 0.717) is 23.9 Å². The minimum absolute atomic E-state index is 0.0693. The predicted octanol–water partition coefficient (Wildman–Crippen LogP) is 5.40. The number of anilines is 2. The van der Waals surface area contributed by atoms with Gasteiger partial charge in [-0.15, -0.1) is 0 Å². The summed E-state index contributed by atoms with van der Waals surface area (Å²) < 4.78 is 5.81. The van der Waals surface area contributed by atoms with Gasteiger partial charge >= 0.3 is 0 Å². The van der Waals surface area contributed by atoms with Crippen molar-refractivity contribution in [3.63, 3.8) is 0 Å². The van der Waals surface area contributed by atoms with Crippen molar-refractivity contribution in [2.45, 2.75) is 44.7 Å². The van der Waals surface area contributed by atoms with Crippen LogP contribution in [0.2, 0.25) is 0 Å². The average molecular weight is 484 g/mol. The molecule has 1 heterocycles. The van der Waals surface area contributed by atoms with E-state index in [1.54, 1.807) is 0 Å². The zero-order valence-corrected chi connectivity index (χ0v) is 21.1. The number of hydrogen-bond donors (Lipinski definition) is 2. The van der Waals surface area contributed by atoms with Crippen molar-refractivity contribution in [1.29, 1.82) is 0 Å². The summed E-state index contributed by atoms with van der Waals surface area (Å²) in [5.41, 5.74) is 1.55. The summed E-state index contributed by atoms with van der Waals surface area (Å²) in [6.45, 7) is 2.45. The molecule has 2 N–H and O–H groups in total. The van der Waals surface area contributed by atoms with E-state index < -0.39 is 0 Å². The summed E-state index contributed by atoms with van der Waals surface area (Å²) in [6.07, 6.45) is 3.66. The van der Waals surface area contributed by atoms with Crippen LogP contribution in [0.25, 0.3) is 21.7 Å². The third-order valence-corrected chi connectivity index (χ3v) is 6.82. The van der Waals surface area contributed by atoms with Crippen LogP contribution in [0.15, 0.2) is 60.7 Å². The number of benzene rings is 3. The lowest BCUT2D eigenvalue weighted by molar-refractivity contribution is 0.0924. The Bertz CT molecular complexity index is 1380. The molecule has 0 spiro atoms. The maximum atomic E-state index is 13.4. The Balaban J connectivity index is 1.26. The van der Waals surface area contributed by atoms with Gasteiger partial charge in [0.05, 0.1) is 17.7 Å². The molecular weight excluding hydrogens is 450 g/mol. The van der Waals surface area contributed by atoms with Gasteiger partial charge in [0.15, 0.2) is 0 Å². The molecular formula is C29H33N5O2. The summed E-state index contributed by atoms with van der Waals surface area (Å²) in [7, 11) is 4.00. The van der Waals surface area contributed by atoms with E-state index in [0.717, 1.165) is 53.2 Å². The van der Waals surface area contributed by atoms with E-state index in [1.807, 2.05) is 80.5 Å². The number of nitrogens with one attached hydrogen (secondary N) is 2. The average Bonchev–Trinajstić information content (AvgIpc) is 2.89. The van der Waals surface area contributed by atoms with Gasteiger partial charge in [0.2, 0.25) is 5.95 Å². The smallest absolute Gasteiger partial charge is 0.255 e. The number of fused-ring (bicyclic) bond motifs is 2. The number of rotatable bonds is 7. The van der Waals surface area contributed by atoms with Crippen LogP contribution >= 0.6 is 0 Å². The number of carbonyl (C=O) groups excluding carboxylic acids is 1. The van der Waals surface area contributed by atoms with E-state index >= 15 is 0 Å². The third-order valence-electron chi connectivity index (χ3n) is 6.82. The van der Waals surface area contributed by atoms with Gasteiger partial charge in [0.25, 0.3) is 5.91 Å². The molecule has 7 heteroatoms. The van der Waals surface area contributed by atoms with Crippen LogP contribution in [0.1, 0.15) is 43.0 Å². The summed E-state index contributed by atoms with van der Waals surface area (Å²) in [4.78, 5) is 24.9. The van der Waals surface area contributed by atoms with Crippen molar-refractivity contribution >= 4 is 39.3 Å². The van der Waals surface area contributed by atoms with Crippen molar-refractivity contribution in [2.24, 2.45) is 0 Å². The molecule has 0 saturated heterocycles. The molecule has 1 amide bonds. The molecule has 0 unspecified atom stereocenters. The van der Waals surface area contributed by atoms with Gasteiger partial charge in [-0.2, -0.15) is 4.98 Å². The first-order valence-electron chi connectivity index (χ1n) is 12.7. The van der Waals surface area contributed by atoms with E-state index in [1.165, 1.54) is 0 Å². The van der Waals surface area contributed by atoms with Crippen molar-refractivity contribution < 1.29 is 9.53 Å². The molecule has 0 bridgehead atoms. The molecule has 3 aromatic carbocycles. The monoisotopic (exact) mass is 483 g/mol. The van der Waals surface area contributed by atoms with Crippen LogP contribution in [0.5, 0.6) is 5.75 Å². The van der Waals surface area contributed by atoms with E-state index in [4.69, 9.17) is 14.7 Å². The van der Waals surface area contributed by atoms with Gasteiger partial charge in [-0.1, -0.05) is 42.5 Å². The fraction of sp³-hybridized carbons (Fsp3) is 0.345. The van der Waals surface area contributed by atoms with Gasteiger partial charge < -0.3 is 20.3 Å². The zero-order chi connectivity index (χ0) is 25.1. The predicted molar refractivity (Wildman–Crippen MR) is 146 cm³/mol. The maximum absolute atomic E-state index is 13.4. The zero-order valence-electron chi connectivity index (χ0n) is 21.1. The molecule has 1 aliphatic carbocycles. The van der Waals surface area contributed by atoms with Crippen molar-refractivity contribution in [3.05, 3.63) is 66.2 Å². The Hall–Kier alpha value is -3.87. The maximum Gasteiger partial charge on any atom is 0.255 e. The molecule has 7 nitrogen and oxygen atoms in total. The second-order valence-electron chi connectivity index (χ2n) is 9.54. The molecule has 0 atom stereocenters. The van der Waals surface area contributed by atoms with Gasteiger partial charge in [-0.05, 0) is 61.6 Å². The molecule has 0 radical (unpaired) electrons. The van der Waals surface area contributed by atoms with Crippen LogP contribution in [-0.2, 0) is 0 Å². The van der Waals surface area contributed by atoms with Crippen molar-refractivity contribution in [1.82, 2.24) is 15.3 Å². The lowest BCUT2D eigenvalue weighted by Gasteiger charge is -2.30. The Kier molecular flexibility index (Phi) is 6.89. The van der Waals surface area contributed by atoms with Gasteiger partial charge in [0.1, 0.15) is 11.6 Å². The summed E-state index contributed by atoms with van der Waals surface area (Å²) >= 11 is 0. The summed E-state index contributed by atoms with van der Waals surface area (Å²) in [5, 5.41) is 9.81. The van der Waals surface area contributed by atoms with Crippen LogP contribution < -0.4 is 20.3 Å². The van der Waals surface area contributed by atoms with Crippen LogP contribution in [0, 0.1) is 0 Å². The molecule has 5 rings (SSSR count). The SMILES string of the molecule is CCOc1ccc2ccccc2c1C(=O)N[C@H]1CC[C@@H](Nc2nc(N(C)C)c3ccccc3n2)CC1. The van der Waals surface area contributed by atoms with E-state index in [9.17, 15) is 4.79 Å². The fourth-order valence-corrected chi connectivity index (χ4v) is 5.05.